The third-order valence-electron chi connectivity index (χ3n) is 6.30. The molecule has 1 aliphatic rings. The van der Waals surface area contributed by atoms with Crippen molar-refractivity contribution in [3.8, 4) is 0 Å². The molecule has 1 saturated heterocycles. The van der Waals surface area contributed by atoms with Crippen LogP contribution in [-0.2, 0) is 21.0 Å². The van der Waals surface area contributed by atoms with Crippen molar-refractivity contribution in [3.63, 3.8) is 0 Å². The van der Waals surface area contributed by atoms with E-state index in [-0.39, 0.29) is 10.6 Å². The molecule has 1 fully saturated rings. The smallest absolute Gasteiger partial charge is 0.368 e. The van der Waals surface area contributed by atoms with Gasteiger partial charge in [-0.25, -0.2) is 8.42 Å². The summed E-state index contributed by atoms with van der Waals surface area (Å²) < 4.78 is 68.4. The van der Waals surface area contributed by atoms with Gasteiger partial charge in [0.15, 0.2) is 0 Å². The molecule has 0 saturated carbocycles. The lowest BCUT2D eigenvalue weighted by Gasteiger charge is -2.37. The van der Waals surface area contributed by atoms with Crippen molar-refractivity contribution in [3.05, 3.63) is 87.9 Å². The molecule has 0 unspecified atom stereocenters. The van der Waals surface area contributed by atoms with Crippen LogP contribution >= 0.6 is 23.2 Å². The average Bonchev–Trinajstić information content (AvgIpc) is 2.89. The molecular formula is C26H24Cl2F3N3O3S. The number of piperazine rings is 1. The number of sulfonamides is 1. The predicted molar refractivity (Wildman–Crippen MR) is 142 cm³/mol. The van der Waals surface area contributed by atoms with Crippen LogP contribution in [0.1, 0.15) is 11.1 Å². The van der Waals surface area contributed by atoms with E-state index in [9.17, 15) is 26.4 Å². The zero-order valence-electron chi connectivity index (χ0n) is 20.3. The summed E-state index contributed by atoms with van der Waals surface area (Å²) in [5, 5.41) is 0.0177. The van der Waals surface area contributed by atoms with Crippen molar-refractivity contribution >= 4 is 50.5 Å². The monoisotopic (exact) mass is 585 g/mol. The first-order valence-electron chi connectivity index (χ1n) is 11.6. The Morgan fingerprint density at radius 1 is 0.947 bits per heavy atom. The van der Waals surface area contributed by atoms with Crippen molar-refractivity contribution in [2.75, 3.05) is 41.9 Å². The van der Waals surface area contributed by atoms with Gasteiger partial charge in [-0.3, -0.25) is 9.10 Å². The van der Waals surface area contributed by atoms with Crippen molar-refractivity contribution < 1.29 is 26.4 Å². The highest BCUT2D eigenvalue weighted by Crippen LogP contribution is 2.38. The van der Waals surface area contributed by atoms with Gasteiger partial charge < -0.3 is 9.80 Å². The summed E-state index contributed by atoms with van der Waals surface area (Å²) in [6.45, 7) is 2.86. The SMILES string of the molecule is Cc1ccc(Cl)cc1N1CCN(C(=O)CN(c2ccc(Cl)c(C(F)(F)F)c2)S(=O)(=O)c2ccccc2)CC1. The molecule has 12 heteroatoms. The third kappa shape index (κ3) is 6.03. The summed E-state index contributed by atoms with van der Waals surface area (Å²) in [5.41, 5.74) is 0.464. The lowest BCUT2D eigenvalue weighted by Crippen LogP contribution is -2.52. The molecule has 3 aromatic carbocycles. The molecule has 3 aromatic rings. The van der Waals surface area contributed by atoms with Crippen LogP contribution in [0.15, 0.2) is 71.6 Å². The second-order valence-corrected chi connectivity index (χ2v) is 11.5. The number of anilines is 2. The van der Waals surface area contributed by atoms with Crippen molar-refractivity contribution in [1.29, 1.82) is 0 Å². The Hall–Kier alpha value is -2.95. The standard InChI is InChI=1S/C26H24Cl2F3N3O3S/c1-18-7-8-19(27)15-24(18)32-11-13-33(14-12-32)25(35)17-34(38(36,37)21-5-3-2-4-6-21)20-9-10-23(28)22(16-20)26(29,30)31/h2-10,15-16H,11-14,17H2,1H3. The average molecular weight is 586 g/mol. The van der Waals surface area contributed by atoms with E-state index in [2.05, 4.69) is 4.90 Å². The fourth-order valence-corrected chi connectivity index (χ4v) is 6.08. The number of carbonyl (C=O) groups excluding carboxylic acids is 1. The maximum atomic E-state index is 13.6. The molecule has 0 aliphatic carbocycles. The Morgan fingerprint density at radius 2 is 1.61 bits per heavy atom. The number of alkyl halides is 3. The highest BCUT2D eigenvalue weighted by atomic mass is 35.5. The molecular weight excluding hydrogens is 562 g/mol. The number of halogens is 5. The van der Waals surface area contributed by atoms with Gasteiger partial charge in [-0.05, 0) is 55.0 Å². The second kappa shape index (κ2) is 11.0. The Morgan fingerprint density at radius 3 is 2.24 bits per heavy atom. The number of carbonyl (C=O) groups is 1. The third-order valence-corrected chi connectivity index (χ3v) is 8.65. The largest absolute Gasteiger partial charge is 0.417 e. The minimum absolute atomic E-state index is 0.155. The Balaban J connectivity index is 1.61. The first kappa shape index (κ1) is 28.1. The summed E-state index contributed by atoms with van der Waals surface area (Å²) in [5.74, 6) is -0.532. The van der Waals surface area contributed by atoms with Crippen LogP contribution in [-0.4, -0.2) is 51.9 Å². The van der Waals surface area contributed by atoms with Crippen LogP contribution < -0.4 is 9.21 Å². The number of amides is 1. The van der Waals surface area contributed by atoms with Crippen LogP contribution in [0.2, 0.25) is 10.0 Å². The number of aryl methyl sites for hydroxylation is 1. The lowest BCUT2D eigenvalue weighted by atomic mass is 10.1. The minimum atomic E-state index is -4.81. The maximum Gasteiger partial charge on any atom is 0.417 e. The van der Waals surface area contributed by atoms with E-state index in [1.807, 2.05) is 19.1 Å². The van der Waals surface area contributed by atoms with Gasteiger partial charge >= 0.3 is 6.18 Å². The summed E-state index contributed by atoms with van der Waals surface area (Å²) >= 11 is 11.9. The molecule has 4 rings (SSSR count). The van der Waals surface area contributed by atoms with E-state index in [1.54, 1.807) is 12.1 Å². The molecule has 1 amide bonds. The Kier molecular flexibility index (Phi) is 8.15. The second-order valence-electron chi connectivity index (χ2n) is 8.79. The normalized spacial score (nSPS) is 14.5. The van der Waals surface area contributed by atoms with Crippen molar-refractivity contribution in [2.45, 2.75) is 18.0 Å². The molecule has 6 nitrogen and oxygen atoms in total. The van der Waals surface area contributed by atoms with Crippen LogP contribution in [0.5, 0.6) is 0 Å². The summed E-state index contributed by atoms with van der Waals surface area (Å²) in [7, 11) is -4.38. The summed E-state index contributed by atoms with van der Waals surface area (Å²) in [6, 6.07) is 15.6. The molecule has 0 bridgehead atoms. The number of benzene rings is 3. The number of hydrogen-bond donors (Lipinski definition) is 0. The fraction of sp³-hybridized carbons (Fsp3) is 0.269. The van der Waals surface area contributed by atoms with Crippen molar-refractivity contribution in [2.24, 2.45) is 0 Å². The van der Waals surface area contributed by atoms with Crippen LogP contribution in [0.25, 0.3) is 0 Å². The lowest BCUT2D eigenvalue weighted by molar-refractivity contribution is -0.137. The number of nitrogens with zero attached hydrogens (tertiary/aromatic N) is 3. The summed E-state index contributed by atoms with van der Waals surface area (Å²) in [4.78, 5) is 16.7. The maximum absolute atomic E-state index is 13.6. The molecule has 0 spiro atoms. The minimum Gasteiger partial charge on any atom is -0.368 e. The Bertz CT molecular complexity index is 1430. The van der Waals surface area contributed by atoms with Gasteiger partial charge in [0, 0.05) is 36.9 Å². The van der Waals surface area contributed by atoms with Gasteiger partial charge in [-0.15, -0.1) is 0 Å². The van der Waals surface area contributed by atoms with E-state index in [1.165, 1.54) is 29.2 Å². The molecule has 1 heterocycles. The highest BCUT2D eigenvalue weighted by molar-refractivity contribution is 7.92. The summed E-state index contributed by atoms with van der Waals surface area (Å²) in [6.07, 6.45) is -4.81. The van der Waals surface area contributed by atoms with E-state index in [0.29, 0.717) is 41.6 Å². The first-order valence-corrected chi connectivity index (χ1v) is 13.8. The van der Waals surface area contributed by atoms with Gasteiger partial charge in [0.2, 0.25) is 5.91 Å². The predicted octanol–water partition coefficient (Wildman–Crippen LogP) is 5.86. The van der Waals surface area contributed by atoms with Gasteiger partial charge in [-0.2, -0.15) is 13.2 Å². The van der Waals surface area contributed by atoms with Crippen LogP contribution in [0.3, 0.4) is 0 Å². The zero-order valence-corrected chi connectivity index (χ0v) is 22.6. The highest BCUT2D eigenvalue weighted by Gasteiger charge is 2.36. The van der Waals surface area contributed by atoms with Crippen LogP contribution in [0.4, 0.5) is 24.5 Å². The molecule has 0 aromatic heterocycles. The van der Waals surface area contributed by atoms with E-state index < -0.39 is 39.2 Å². The van der Waals surface area contributed by atoms with Crippen molar-refractivity contribution in [1.82, 2.24) is 4.90 Å². The molecule has 0 N–H and O–H groups in total. The van der Waals surface area contributed by atoms with Crippen LogP contribution in [0, 0.1) is 6.92 Å². The quantitative estimate of drug-likeness (QED) is 0.363. The molecule has 38 heavy (non-hydrogen) atoms. The first-order chi connectivity index (χ1) is 17.9. The van der Waals surface area contributed by atoms with Gasteiger partial charge in [0.05, 0.1) is 21.2 Å². The number of hydrogen-bond acceptors (Lipinski definition) is 4. The topological polar surface area (TPSA) is 60.9 Å². The fourth-order valence-electron chi connectivity index (χ4n) is 4.26. The molecule has 1 aliphatic heterocycles. The molecule has 202 valence electrons. The van der Waals surface area contributed by atoms with Gasteiger partial charge in [0.1, 0.15) is 6.54 Å². The van der Waals surface area contributed by atoms with E-state index in [4.69, 9.17) is 23.2 Å². The Labute approximate surface area is 229 Å². The zero-order chi connectivity index (χ0) is 27.7. The van der Waals surface area contributed by atoms with Gasteiger partial charge in [0.25, 0.3) is 10.0 Å². The molecule has 0 radical (unpaired) electrons. The number of rotatable bonds is 6. The van der Waals surface area contributed by atoms with E-state index >= 15 is 0 Å². The van der Waals surface area contributed by atoms with E-state index in [0.717, 1.165) is 23.4 Å². The molecule has 0 atom stereocenters. The van der Waals surface area contributed by atoms with Gasteiger partial charge in [-0.1, -0.05) is 47.5 Å².